The third kappa shape index (κ3) is 6.87. The summed E-state index contributed by atoms with van der Waals surface area (Å²) < 4.78 is 4.95. The molecule has 15 heavy (non-hydrogen) atoms. The number of methoxy groups -OCH3 is 1. The lowest BCUT2D eigenvalue weighted by atomic mass is 10.2. The zero-order chi connectivity index (χ0) is 11.8. The highest BCUT2D eigenvalue weighted by molar-refractivity contribution is 5.96. The predicted octanol–water partition coefficient (Wildman–Crippen LogP) is -0.558. The van der Waals surface area contributed by atoms with Gasteiger partial charge in [0.2, 0.25) is 5.91 Å². The number of hydrogen-bond acceptors (Lipinski definition) is 4. The van der Waals surface area contributed by atoms with E-state index in [1.165, 1.54) is 0 Å². The fourth-order valence-electron chi connectivity index (χ4n) is 1.04. The number of nitrogens with two attached hydrogens (primary N) is 1. The number of hydrogen-bond donors (Lipinski definition) is 3. The molecule has 0 fully saturated rings. The van der Waals surface area contributed by atoms with Gasteiger partial charge in [-0.2, -0.15) is 0 Å². The normalized spacial score (nSPS) is 14.3. The first-order chi connectivity index (χ1) is 6.97. The fourth-order valence-corrected chi connectivity index (χ4v) is 1.04. The number of ether oxygens (including phenoxy) is 1. The predicted molar refractivity (Wildman–Crippen MR) is 56.2 cm³/mol. The molecule has 6 nitrogen and oxygen atoms in total. The Morgan fingerprint density at radius 3 is 2.47 bits per heavy atom. The average Bonchev–Trinajstić information content (AvgIpc) is 2.13. The molecule has 2 atom stereocenters. The summed E-state index contributed by atoms with van der Waals surface area (Å²) >= 11 is 0. The van der Waals surface area contributed by atoms with Crippen LogP contribution in [-0.4, -0.2) is 38.2 Å². The largest absolute Gasteiger partial charge is 0.384 e. The summed E-state index contributed by atoms with van der Waals surface area (Å²) in [6.07, 6.45) is 0. The van der Waals surface area contributed by atoms with Gasteiger partial charge in [-0.1, -0.05) is 6.92 Å². The molecule has 4 N–H and O–H groups in total. The van der Waals surface area contributed by atoms with Gasteiger partial charge in [-0.15, -0.1) is 0 Å². The van der Waals surface area contributed by atoms with Crippen LogP contribution in [0, 0.1) is 5.92 Å². The molecule has 0 aromatic heterocycles. The molecule has 3 amide bonds. The van der Waals surface area contributed by atoms with E-state index in [0.717, 1.165) is 0 Å². The minimum absolute atomic E-state index is 0.304. The lowest BCUT2D eigenvalue weighted by molar-refractivity contribution is -0.121. The summed E-state index contributed by atoms with van der Waals surface area (Å²) in [4.78, 5) is 21.6. The van der Waals surface area contributed by atoms with Gasteiger partial charge in [0.25, 0.3) is 0 Å². The first-order valence-electron chi connectivity index (χ1n) is 4.80. The van der Waals surface area contributed by atoms with Crippen molar-refractivity contribution in [3.05, 3.63) is 0 Å². The van der Waals surface area contributed by atoms with Crippen molar-refractivity contribution in [3.8, 4) is 0 Å². The number of carbonyl (C=O) groups excluding carboxylic acids is 2. The molecule has 0 aromatic rings. The lowest BCUT2D eigenvalue weighted by Crippen LogP contribution is -2.47. The SMILES string of the molecule is COCC(C)CNC(C)C(=O)NC(N)=O. The van der Waals surface area contributed by atoms with E-state index >= 15 is 0 Å². The minimum atomic E-state index is -0.835. The van der Waals surface area contributed by atoms with Crippen LogP contribution in [0.3, 0.4) is 0 Å². The molecule has 0 bridgehead atoms. The Labute approximate surface area is 89.5 Å². The molecule has 0 saturated heterocycles. The monoisotopic (exact) mass is 217 g/mol. The van der Waals surface area contributed by atoms with Gasteiger partial charge in [-0.3, -0.25) is 10.1 Å². The highest BCUT2D eigenvalue weighted by Gasteiger charge is 2.14. The number of amides is 3. The molecule has 88 valence electrons. The van der Waals surface area contributed by atoms with E-state index in [1.54, 1.807) is 14.0 Å². The fraction of sp³-hybridized carbons (Fsp3) is 0.778. The molecule has 2 unspecified atom stereocenters. The van der Waals surface area contributed by atoms with Crippen LogP contribution < -0.4 is 16.4 Å². The highest BCUT2D eigenvalue weighted by atomic mass is 16.5. The Morgan fingerprint density at radius 2 is 2.00 bits per heavy atom. The van der Waals surface area contributed by atoms with Gasteiger partial charge in [-0.25, -0.2) is 4.79 Å². The Balaban J connectivity index is 3.77. The van der Waals surface area contributed by atoms with Crippen molar-refractivity contribution in [3.63, 3.8) is 0 Å². The molecule has 0 aromatic carbocycles. The van der Waals surface area contributed by atoms with Crippen molar-refractivity contribution < 1.29 is 14.3 Å². The summed E-state index contributed by atoms with van der Waals surface area (Å²) in [5, 5.41) is 4.98. The van der Waals surface area contributed by atoms with Crippen LogP contribution in [0.5, 0.6) is 0 Å². The maximum Gasteiger partial charge on any atom is 0.318 e. The van der Waals surface area contributed by atoms with Gasteiger partial charge in [0.1, 0.15) is 0 Å². The van der Waals surface area contributed by atoms with Crippen molar-refractivity contribution in [1.82, 2.24) is 10.6 Å². The number of carbonyl (C=O) groups is 2. The van der Waals surface area contributed by atoms with E-state index in [-0.39, 0.29) is 0 Å². The third-order valence-electron chi connectivity index (χ3n) is 1.86. The Kier molecular flexibility index (Phi) is 6.64. The number of rotatable bonds is 6. The third-order valence-corrected chi connectivity index (χ3v) is 1.86. The Hall–Kier alpha value is -1.14. The lowest BCUT2D eigenvalue weighted by Gasteiger charge is -2.16. The molecule has 0 heterocycles. The zero-order valence-corrected chi connectivity index (χ0v) is 9.37. The van der Waals surface area contributed by atoms with Crippen LogP contribution >= 0.6 is 0 Å². The molecule has 0 spiro atoms. The maximum absolute atomic E-state index is 11.2. The summed E-state index contributed by atoms with van der Waals surface area (Å²) in [5.74, 6) is -0.119. The van der Waals surface area contributed by atoms with Crippen LogP contribution in [0.25, 0.3) is 0 Å². The number of primary amides is 1. The molecule has 0 rings (SSSR count). The van der Waals surface area contributed by atoms with Gasteiger partial charge >= 0.3 is 6.03 Å². The van der Waals surface area contributed by atoms with Crippen LogP contribution in [0.1, 0.15) is 13.8 Å². The Morgan fingerprint density at radius 1 is 1.40 bits per heavy atom. The molecular weight excluding hydrogens is 198 g/mol. The molecule has 0 aliphatic heterocycles. The summed E-state index contributed by atoms with van der Waals surface area (Å²) in [5.41, 5.74) is 4.82. The van der Waals surface area contributed by atoms with Crippen LogP contribution in [-0.2, 0) is 9.53 Å². The molecule has 0 radical (unpaired) electrons. The molecule has 0 aliphatic rings. The molecule has 6 heteroatoms. The van der Waals surface area contributed by atoms with Gasteiger partial charge in [0.15, 0.2) is 0 Å². The first kappa shape index (κ1) is 13.9. The van der Waals surface area contributed by atoms with E-state index in [1.807, 2.05) is 12.2 Å². The average molecular weight is 217 g/mol. The maximum atomic E-state index is 11.2. The van der Waals surface area contributed by atoms with Crippen LogP contribution in [0.2, 0.25) is 0 Å². The smallest absolute Gasteiger partial charge is 0.318 e. The summed E-state index contributed by atoms with van der Waals surface area (Å²) in [6.45, 7) is 4.92. The van der Waals surface area contributed by atoms with Gasteiger partial charge in [0.05, 0.1) is 6.04 Å². The second kappa shape index (κ2) is 7.19. The molecule has 0 aliphatic carbocycles. The second-order valence-corrected chi connectivity index (χ2v) is 3.54. The van der Waals surface area contributed by atoms with E-state index in [2.05, 4.69) is 5.32 Å². The van der Waals surface area contributed by atoms with Gasteiger partial charge in [-0.05, 0) is 12.8 Å². The number of imide groups is 1. The van der Waals surface area contributed by atoms with Crippen LogP contribution in [0.4, 0.5) is 4.79 Å². The van der Waals surface area contributed by atoms with E-state index in [0.29, 0.717) is 19.1 Å². The second-order valence-electron chi connectivity index (χ2n) is 3.54. The number of urea groups is 1. The van der Waals surface area contributed by atoms with Gasteiger partial charge < -0.3 is 15.8 Å². The highest BCUT2D eigenvalue weighted by Crippen LogP contribution is 1.93. The zero-order valence-electron chi connectivity index (χ0n) is 9.37. The first-order valence-corrected chi connectivity index (χ1v) is 4.80. The molecule has 0 saturated carbocycles. The minimum Gasteiger partial charge on any atom is -0.384 e. The van der Waals surface area contributed by atoms with E-state index in [4.69, 9.17) is 10.5 Å². The topological polar surface area (TPSA) is 93.4 Å². The van der Waals surface area contributed by atoms with Crippen molar-refractivity contribution in [1.29, 1.82) is 0 Å². The quantitative estimate of drug-likeness (QED) is 0.556. The van der Waals surface area contributed by atoms with E-state index < -0.39 is 18.0 Å². The van der Waals surface area contributed by atoms with Crippen molar-refractivity contribution in [2.75, 3.05) is 20.3 Å². The van der Waals surface area contributed by atoms with Crippen LogP contribution in [0.15, 0.2) is 0 Å². The van der Waals surface area contributed by atoms with Gasteiger partial charge in [0, 0.05) is 20.3 Å². The molecular formula is C9H19N3O3. The van der Waals surface area contributed by atoms with Crippen molar-refractivity contribution in [2.24, 2.45) is 11.7 Å². The van der Waals surface area contributed by atoms with Crippen molar-refractivity contribution in [2.45, 2.75) is 19.9 Å². The Bertz CT molecular complexity index is 221. The standard InChI is InChI=1S/C9H19N3O3/c1-6(5-15-3)4-11-7(2)8(13)12-9(10)14/h6-7,11H,4-5H2,1-3H3,(H3,10,12,13,14). The summed E-state index contributed by atoms with van der Waals surface area (Å²) in [6, 6.07) is -1.28. The van der Waals surface area contributed by atoms with E-state index in [9.17, 15) is 9.59 Å². The summed E-state index contributed by atoms with van der Waals surface area (Å²) in [7, 11) is 1.62. The van der Waals surface area contributed by atoms with Crippen molar-refractivity contribution >= 4 is 11.9 Å². The number of nitrogens with one attached hydrogen (secondary N) is 2.